The summed E-state index contributed by atoms with van der Waals surface area (Å²) in [5.74, 6) is 0.942. The van der Waals surface area contributed by atoms with Gasteiger partial charge >= 0.3 is 10.7 Å². The predicted molar refractivity (Wildman–Crippen MR) is 71.9 cm³/mol. The average molecular weight is 266 g/mol. The van der Waals surface area contributed by atoms with E-state index in [1.165, 1.54) is 15.1 Å². The first-order chi connectivity index (χ1) is 9.42. The SMILES string of the molecule is c1cc2c(cn1)C[n+]1c-2oc2c3ccncc3sc21. The maximum Gasteiger partial charge on any atom is 0.383 e. The Balaban J connectivity index is 1.93. The summed E-state index contributed by atoms with van der Waals surface area (Å²) < 4.78 is 9.50. The topological polar surface area (TPSA) is 42.8 Å². The van der Waals surface area contributed by atoms with Crippen molar-refractivity contribution in [2.75, 3.05) is 0 Å². The fraction of sp³-hybridized carbons (Fsp3) is 0.0714. The van der Waals surface area contributed by atoms with Gasteiger partial charge in [0.2, 0.25) is 5.58 Å². The Morgan fingerprint density at radius 3 is 3.05 bits per heavy atom. The van der Waals surface area contributed by atoms with Crippen molar-refractivity contribution in [1.82, 2.24) is 9.97 Å². The van der Waals surface area contributed by atoms with E-state index in [9.17, 15) is 0 Å². The summed E-state index contributed by atoms with van der Waals surface area (Å²) in [7, 11) is 0. The number of hydrogen-bond donors (Lipinski definition) is 0. The number of rotatable bonds is 0. The van der Waals surface area contributed by atoms with E-state index in [0.717, 1.165) is 29.0 Å². The normalized spacial score (nSPS) is 13.1. The highest BCUT2D eigenvalue weighted by Crippen LogP contribution is 2.37. The smallest absolute Gasteiger partial charge is 0.383 e. The van der Waals surface area contributed by atoms with E-state index >= 15 is 0 Å². The zero-order valence-corrected chi connectivity index (χ0v) is 10.6. The molecule has 4 aromatic rings. The Labute approximate surface area is 112 Å². The van der Waals surface area contributed by atoms with Crippen molar-refractivity contribution in [2.24, 2.45) is 0 Å². The molecule has 0 unspecified atom stereocenters. The van der Waals surface area contributed by atoms with Crippen LogP contribution < -0.4 is 4.57 Å². The van der Waals surface area contributed by atoms with Crippen LogP contribution in [0.1, 0.15) is 5.56 Å². The van der Waals surface area contributed by atoms with E-state index in [4.69, 9.17) is 4.42 Å². The molecule has 0 atom stereocenters. The van der Waals surface area contributed by atoms with Crippen LogP contribution in [-0.4, -0.2) is 9.97 Å². The van der Waals surface area contributed by atoms with E-state index in [1.54, 1.807) is 11.3 Å². The van der Waals surface area contributed by atoms with Crippen molar-refractivity contribution in [3.05, 3.63) is 42.5 Å². The van der Waals surface area contributed by atoms with Gasteiger partial charge in [0, 0.05) is 30.2 Å². The summed E-state index contributed by atoms with van der Waals surface area (Å²) in [5, 5.41) is 1.15. The van der Waals surface area contributed by atoms with Crippen LogP contribution in [-0.2, 0) is 6.54 Å². The summed E-state index contributed by atoms with van der Waals surface area (Å²) in [4.78, 5) is 9.53. The molecular formula is C14H8N3OS+. The molecule has 5 rings (SSSR count). The molecule has 4 aromatic heterocycles. The Morgan fingerprint density at radius 2 is 2.05 bits per heavy atom. The summed E-state index contributed by atoms with van der Waals surface area (Å²) in [6, 6.07) is 4.03. The van der Waals surface area contributed by atoms with Crippen molar-refractivity contribution < 1.29 is 8.98 Å². The van der Waals surface area contributed by atoms with Gasteiger partial charge in [0.1, 0.15) is 0 Å². The van der Waals surface area contributed by atoms with Gasteiger partial charge in [-0.2, -0.15) is 0 Å². The molecule has 4 nitrogen and oxygen atoms in total. The molecule has 0 spiro atoms. The second-order valence-electron chi connectivity index (χ2n) is 4.63. The number of oxazole rings is 1. The number of fused-ring (bicyclic) bond motifs is 7. The summed E-state index contributed by atoms with van der Waals surface area (Å²) in [6.45, 7) is 0.839. The van der Waals surface area contributed by atoms with Crippen LogP contribution in [0, 0.1) is 0 Å². The molecule has 19 heavy (non-hydrogen) atoms. The van der Waals surface area contributed by atoms with Crippen molar-refractivity contribution >= 4 is 31.8 Å². The van der Waals surface area contributed by atoms with Gasteiger partial charge in [-0.1, -0.05) is 11.3 Å². The van der Waals surface area contributed by atoms with Gasteiger partial charge in [-0.25, -0.2) is 0 Å². The molecule has 0 amide bonds. The van der Waals surface area contributed by atoms with Crippen molar-refractivity contribution in [3.63, 3.8) is 0 Å². The van der Waals surface area contributed by atoms with E-state index in [2.05, 4.69) is 14.5 Å². The Hall–Kier alpha value is -2.27. The van der Waals surface area contributed by atoms with Gasteiger partial charge in [-0.05, 0) is 12.1 Å². The second-order valence-corrected chi connectivity index (χ2v) is 5.67. The highest BCUT2D eigenvalue weighted by Gasteiger charge is 2.35. The Kier molecular flexibility index (Phi) is 1.62. The monoisotopic (exact) mass is 266 g/mol. The largest absolute Gasteiger partial charge is 0.396 e. The molecule has 0 aromatic carbocycles. The van der Waals surface area contributed by atoms with Gasteiger partial charge < -0.3 is 4.42 Å². The molecule has 0 aliphatic carbocycles. The zero-order chi connectivity index (χ0) is 12.4. The molecule has 5 heteroatoms. The lowest BCUT2D eigenvalue weighted by Gasteiger charge is -1.88. The average Bonchev–Trinajstić information content (AvgIpc) is 3.07. The molecule has 0 N–H and O–H groups in total. The van der Waals surface area contributed by atoms with Crippen molar-refractivity contribution in [3.8, 4) is 11.5 Å². The molecule has 5 heterocycles. The third-order valence-corrected chi connectivity index (χ3v) is 4.73. The van der Waals surface area contributed by atoms with Crippen LogP contribution in [0.2, 0.25) is 0 Å². The highest BCUT2D eigenvalue weighted by molar-refractivity contribution is 7.25. The van der Waals surface area contributed by atoms with Crippen LogP contribution in [0.4, 0.5) is 0 Å². The third kappa shape index (κ3) is 1.11. The highest BCUT2D eigenvalue weighted by atomic mass is 32.1. The van der Waals surface area contributed by atoms with E-state index in [1.807, 2.05) is 36.9 Å². The van der Waals surface area contributed by atoms with Crippen molar-refractivity contribution in [2.45, 2.75) is 6.54 Å². The zero-order valence-electron chi connectivity index (χ0n) is 9.83. The second kappa shape index (κ2) is 3.19. The molecule has 0 saturated carbocycles. The fourth-order valence-corrected chi connectivity index (χ4v) is 3.81. The van der Waals surface area contributed by atoms with E-state index in [-0.39, 0.29) is 0 Å². The molecule has 1 aliphatic heterocycles. The Bertz CT molecular complexity index is 954. The maximum absolute atomic E-state index is 6.11. The van der Waals surface area contributed by atoms with Gasteiger partial charge in [0.25, 0.3) is 0 Å². The summed E-state index contributed by atoms with van der Waals surface area (Å²) in [5.41, 5.74) is 3.35. The molecule has 0 radical (unpaired) electrons. The number of pyridine rings is 2. The van der Waals surface area contributed by atoms with E-state index in [0.29, 0.717) is 0 Å². The first-order valence-corrected chi connectivity index (χ1v) is 6.85. The lowest BCUT2D eigenvalue weighted by atomic mass is 10.2. The Morgan fingerprint density at radius 1 is 1.16 bits per heavy atom. The van der Waals surface area contributed by atoms with Crippen LogP contribution in [0.15, 0.2) is 41.3 Å². The molecule has 0 saturated heterocycles. The first kappa shape index (κ1) is 9.63. The van der Waals surface area contributed by atoms with Crippen LogP contribution in [0.25, 0.3) is 32.0 Å². The molecular weight excluding hydrogens is 258 g/mol. The number of aromatic nitrogens is 3. The number of hydrogen-bond acceptors (Lipinski definition) is 4. The van der Waals surface area contributed by atoms with Crippen LogP contribution in [0.5, 0.6) is 0 Å². The van der Waals surface area contributed by atoms with Gasteiger partial charge in [0.05, 0.1) is 15.8 Å². The lowest BCUT2D eigenvalue weighted by molar-refractivity contribution is -0.647. The summed E-state index contributed by atoms with van der Waals surface area (Å²) in [6.07, 6.45) is 7.43. The molecule has 1 aliphatic rings. The first-order valence-electron chi connectivity index (χ1n) is 6.04. The van der Waals surface area contributed by atoms with E-state index < -0.39 is 0 Å². The van der Waals surface area contributed by atoms with Gasteiger partial charge in [-0.3, -0.25) is 9.97 Å². The predicted octanol–water partition coefficient (Wildman–Crippen LogP) is 2.75. The standard InChI is InChI=1S/C14H8N3OS/c1-3-15-5-8-7-17-13(9(1)8)18-12-10-2-4-16-6-11(10)19-14(12)17/h1-6H,7H2/q+1. The van der Waals surface area contributed by atoms with Crippen LogP contribution >= 0.6 is 11.3 Å². The van der Waals surface area contributed by atoms with Gasteiger partial charge in [0.15, 0.2) is 6.54 Å². The molecule has 0 bridgehead atoms. The molecule has 0 fully saturated rings. The van der Waals surface area contributed by atoms with Crippen molar-refractivity contribution in [1.29, 1.82) is 0 Å². The minimum Gasteiger partial charge on any atom is -0.396 e. The minimum atomic E-state index is 0.839. The van der Waals surface area contributed by atoms with Crippen LogP contribution in [0.3, 0.4) is 0 Å². The maximum atomic E-state index is 6.11. The lowest BCUT2D eigenvalue weighted by Crippen LogP contribution is -2.29. The minimum absolute atomic E-state index is 0.839. The third-order valence-electron chi connectivity index (χ3n) is 3.58. The quantitative estimate of drug-likeness (QED) is 0.405. The summed E-state index contributed by atoms with van der Waals surface area (Å²) >= 11 is 1.73. The number of nitrogens with zero attached hydrogens (tertiary/aromatic N) is 3. The number of thiophene rings is 1. The van der Waals surface area contributed by atoms with Gasteiger partial charge in [-0.15, -0.1) is 4.57 Å². The molecule has 90 valence electrons. The fourth-order valence-electron chi connectivity index (χ4n) is 2.71.